The molecule has 0 fully saturated rings. The van der Waals surface area contributed by atoms with Crippen molar-refractivity contribution in [2.24, 2.45) is 5.92 Å². The first-order valence-electron chi connectivity index (χ1n) is 4.94. The minimum absolute atomic E-state index is 0.0530. The molecule has 0 saturated carbocycles. The maximum Gasteiger partial charge on any atom is 0.308 e. The Labute approximate surface area is 108 Å². The van der Waals surface area contributed by atoms with E-state index in [-0.39, 0.29) is 29.1 Å². The quantitative estimate of drug-likeness (QED) is 0.574. The molecular weight excluding hydrogens is 269 g/mol. The summed E-state index contributed by atoms with van der Waals surface area (Å²) in [7, 11) is 0. The van der Waals surface area contributed by atoms with Gasteiger partial charge in [-0.3, -0.25) is 19.3 Å². The van der Waals surface area contributed by atoms with Gasteiger partial charge in [-0.15, -0.1) is 0 Å². The highest BCUT2D eigenvalue weighted by molar-refractivity contribution is 6.58. The molecule has 0 unspecified atom stereocenters. The van der Waals surface area contributed by atoms with Crippen LogP contribution in [-0.2, 0) is 19.1 Å². The lowest BCUT2D eigenvalue weighted by Gasteiger charge is -2.14. The molecule has 0 radical (unpaired) electrons. The summed E-state index contributed by atoms with van der Waals surface area (Å²) in [6, 6.07) is 0. The van der Waals surface area contributed by atoms with Gasteiger partial charge in [-0.25, -0.2) is 0 Å². The summed E-state index contributed by atoms with van der Waals surface area (Å²) in [6.45, 7) is 3.25. The van der Waals surface area contributed by atoms with Gasteiger partial charge in [0, 0.05) is 0 Å². The molecule has 0 N–H and O–H groups in total. The van der Waals surface area contributed by atoms with E-state index in [1.54, 1.807) is 13.8 Å². The normalized spacial score (nSPS) is 16.2. The number of halogens is 2. The Morgan fingerprint density at radius 2 is 1.71 bits per heavy atom. The molecule has 1 aliphatic heterocycles. The Bertz CT molecular complexity index is 379. The molecule has 2 amide bonds. The number of rotatable bonds is 4. The molecule has 0 atom stereocenters. The van der Waals surface area contributed by atoms with E-state index in [1.165, 1.54) is 0 Å². The molecule has 1 aliphatic rings. The summed E-state index contributed by atoms with van der Waals surface area (Å²) in [5.74, 6) is -1.98. The summed E-state index contributed by atoms with van der Waals surface area (Å²) in [5, 5.41) is -0.598. The van der Waals surface area contributed by atoms with E-state index in [1.807, 2.05) is 0 Å². The largest absolute Gasteiger partial charge is 0.464 e. The van der Waals surface area contributed by atoms with Crippen molar-refractivity contribution in [3.05, 3.63) is 10.1 Å². The first-order chi connectivity index (χ1) is 7.86. The van der Waals surface area contributed by atoms with E-state index >= 15 is 0 Å². The molecule has 0 spiro atoms. The number of ether oxygens (including phenoxy) is 1. The van der Waals surface area contributed by atoms with E-state index in [9.17, 15) is 14.4 Å². The molecule has 0 bridgehead atoms. The van der Waals surface area contributed by atoms with Gasteiger partial charge >= 0.3 is 5.97 Å². The lowest BCUT2D eigenvalue weighted by molar-refractivity contribution is -0.150. The van der Waals surface area contributed by atoms with Crippen LogP contribution >= 0.6 is 23.2 Å². The Morgan fingerprint density at radius 3 is 2.12 bits per heavy atom. The first-order valence-corrected chi connectivity index (χ1v) is 5.70. The van der Waals surface area contributed by atoms with E-state index < -0.39 is 17.8 Å². The maximum absolute atomic E-state index is 11.4. The fourth-order valence-corrected chi connectivity index (χ4v) is 1.49. The zero-order chi connectivity index (χ0) is 13.2. The van der Waals surface area contributed by atoms with E-state index in [0.29, 0.717) is 0 Å². The molecular formula is C10H11Cl2NO4. The van der Waals surface area contributed by atoms with Crippen LogP contribution in [0.15, 0.2) is 10.1 Å². The van der Waals surface area contributed by atoms with Gasteiger partial charge in [0.25, 0.3) is 11.8 Å². The van der Waals surface area contributed by atoms with Gasteiger partial charge in [-0.05, 0) is 0 Å². The van der Waals surface area contributed by atoms with Crippen molar-refractivity contribution < 1.29 is 19.1 Å². The number of carbonyl (C=O) groups excluding carboxylic acids is 3. The third-order valence-corrected chi connectivity index (χ3v) is 2.89. The predicted octanol–water partition coefficient (Wildman–Crippen LogP) is 1.24. The van der Waals surface area contributed by atoms with E-state index in [4.69, 9.17) is 27.9 Å². The summed E-state index contributed by atoms with van der Waals surface area (Å²) >= 11 is 11.0. The third kappa shape index (κ3) is 2.98. The molecule has 94 valence electrons. The van der Waals surface area contributed by atoms with Crippen LogP contribution in [0.25, 0.3) is 0 Å². The minimum Gasteiger partial charge on any atom is -0.464 e. The molecule has 0 aromatic carbocycles. The Hall–Kier alpha value is -1.07. The number of hydrogen-bond donors (Lipinski definition) is 0. The molecule has 0 aromatic heterocycles. The van der Waals surface area contributed by atoms with Crippen molar-refractivity contribution in [3.63, 3.8) is 0 Å². The Kier molecular flexibility index (Phi) is 4.54. The zero-order valence-electron chi connectivity index (χ0n) is 9.33. The topological polar surface area (TPSA) is 63.7 Å². The lowest BCUT2D eigenvalue weighted by Crippen LogP contribution is -2.35. The summed E-state index contributed by atoms with van der Waals surface area (Å²) < 4.78 is 4.84. The smallest absolute Gasteiger partial charge is 0.308 e. The summed E-state index contributed by atoms with van der Waals surface area (Å²) in [5.41, 5.74) is 0. The Balaban J connectivity index is 2.48. The fraction of sp³-hybridized carbons (Fsp3) is 0.500. The highest BCUT2D eigenvalue weighted by Crippen LogP contribution is 2.26. The second-order valence-electron chi connectivity index (χ2n) is 3.71. The highest BCUT2D eigenvalue weighted by atomic mass is 35.5. The number of carbonyl (C=O) groups is 3. The van der Waals surface area contributed by atoms with Gasteiger partial charge in [0.1, 0.15) is 16.7 Å². The van der Waals surface area contributed by atoms with Gasteiger partial charge in [0.05, 0.1) is 12.5 Å². The number of imide groups is 1. The van der Waals surface area contributed by atoms with Crippen LogP contribution in [-0.4, -0.2) is 35.8 Å². The van der Waals surface area contributed by atoms with Gasteiger partial charge in [0.2, 0.25) is 0 Å². The average molecular weight is 280 g/mol. The highest BCUT2D eigenvalue weighted by Gasteiger charge is 2.36. The van der Waals surface area contributed by atoms with Crippen molar-refractivity contribution in [1.82, 2.24) is 4.90 Å². The molecule has 7 heteroatoms. The van der Waals surface area contributed by atoms with Crippen LogP contribution in [0.3, 0.4) is 0 Å². The van der Waals surface area contributed by atoms with Crippen molar-refractivity contribution >= 4 is 41.0 Å². The van der Waals surface area contributed by atoms with Crippen molar-refractivity contribution in [2.45, 2.75) is 13.8 Å². The Morgan fingerprint density at radius 1 is 1.24 bits per heavy atom. The minimum atomic E-state index is -0.665. The second-order valence-corrected chi connectivity index (χ2v) is 4.47. The lowest BCUT2D eigenvalue weighted by atomic mass is 10.2. The molecule has 0 aromatic rings. The van der Waals surface area contributed by atoms with Gasteiger partial charge in [-0.1, -0.05) is 37.0 Å². The van der Waals surface area contributed by atoms with Gasteiger partial charge in [-0.2, -0.15) is 0 Å². The van der Waals surface area contributed by atoms with Crippen molar-refractivity contribution in [3.8, 4) is 0 Å². The number of esters is 1. The maximum atomic E-state index is 11.4. The molecule has 0 aliphatic carbocycles. The van der Waals surface area contributed by atoms with Gasteiger partial charge in [0.15, 0.2) is 0 Å². The molecule has 1 rings (SSSR count). The molecule has 5 nitrogen and oxygen atoms in total. The van der Waals surface area contributed by atoms with Crippen LogP contribution in [0.4, 0.5) is 0 Å². The average Bonchev–Trinajstić information content (AvgIpc) is 2.46. The van der Waals surface area contributed by atoms with Crippen LogP contribution < -0.4 is 0 Å². The number of amides is 2. The van der Waals surface area contributed by atoms with Crippen LogP contribution in [0, 0.1) is 5.92 Å². The summed E-state index contributed by atoms with van der Waals surface area (Å²) in [6.07, 6.45) is 0. The SMILES string of the molecule is CC(C)C(=O)OCCN1C(=O)C(Cl)=C(Cl)C1=O. The number of hydrogen-bond acceptors (Lipinski definition) is 4. The monoisotopic (exact) mass is 279 g/mol. The van der Waals surface area contributed by atoms with Gasteiger partial charge < -0.3 is 4.74 Å². The molecule has 0 saturated heterocycles. The summed E-state index contributed by atoms with van der Waals surface area (Å²) in [4.78, 5) is 34.8. The fourth-order valence-electron chi connectivity index (χ4n) is 1.12. The standard InChI is InChI=1S/C10H11Cl2NO4/c1-5(2)10(16)17-4-3-13-8(14)6(11)7(12)9(13)15/h5H,3-4H2,1-2H3. The molecule has 1 heterocycles. The van der Waals surface area contributed by atoms with Crippen LogP contribution in [0.5, 0.6) is 0 Å². The van der Waals surface area contributed by atoms with Crippen LogP contribution in [0.2, 0.25) is 0 Å². The van der Waals surface area contributed by atoms with Crippen molar-refractivity contribution in [1.29, 1.82) is 0 Å². The second kappa shape index (κ2) is 5.51. The number of nitrogens with zero attached hydrogens (tertiary/aromatic N) is 1. The zero-order valence-corrected chi connectivity index (χ0v) is 10.8. The van der Waals surface area contributed by atoms with E-state index in [2.05, 4.69) is 0 Å². The van der Waals surface area contributed by atoms with E-state index in [0.717, 1.165) is 4.90 Å². The molecule has 17 heavy (non-hydrogen) atoms. The van der Waals surface area contributed by atoms with Crippen molar-refractivity contribution in [2.75, 3.05) is 13.2 Å². The third-order valence-electron chi connectivity index (χ3n) is 2.09. The van der Waals surface area contributed by atoms with Crippen LogP contribution in [0.1, 0.15) is 13.8 Å². The first kappa shape index (κ1) is 14.0. The predicted molar refractivity (Wildman–Crippen MR) is 61.2 cm³/mol.